The molecule has 70 valence electrons. The van der Waals surface area contributed by atoms with Crippen LogP contribution in [0.2, 0.25) is 0 Å². The van der Waals surface area contributed by atoms with Crippen LogP contribution >= 0.6 is 15.9 Å². The molecule has 0 aliphatic carbocycles. The van der Waals surface area contributed by atoms with Gasteiger partial charge in [0.2, 0.25) is 0 Å². The van der Waals surface area contributed by atoms with Gasteiger partial charge in [0.1, 0.15) is 18.2 Å². The van der Waals surface area contributed by atoms with Gasteiger partial charge >= 0.3 is 0 Å². The predicted octanol–water partition coefficient (Wildman–Crippen LogP) is 2.07. The van der Waals surface area contributed by atoms with Gasteiger partial charge in [0.15, 0.2) is 0 Å². The Labute approximate surface area is 85.5 Å². The first-order valence-electron chi connectivity index (χ1n) is 3.81. The Balaban J connectivity index is 2.72. The highest BCUT2D eigenvalue weighted by Crippen LogP contribution is 2.25. The van der Waals surface area contributed by atoms with E-state index in [1.807, 2.05) is 25.1 Å². The summed E-state index contributed by atoms with van der Waals surface area (Å²) in [4.78, 5) is 0. The lowest BCUT2D eigenvalue weighted by Crippen LogP contribution is -2.19. The van der Waals surface area contributed by atoms with Gasteiger partial charge in [0.05, 0.1) is 4.47 Å². The van der Waals surface area contributed by atoms with Crippen LogP contribution in [-0.2, 0) is 0 Å². The molecule has 0 amide bonds. The molecule has 0 fully saturated rings. The van der Waals surface area contributed by atoms with Crippen molar-refractivity contribution in [2.45, 2.75) is 6.92 Å². The van der Waals surface area contributed by atoms with E-state index in [1.54, 1.807) is 0 Å². The number of hydrogen-bond acceptors (Lipinski definition) is 2. The summed E-state index contributed by atoms with van der Waals surface area (Å²) in [7, 11) is 0. The summed E-state index contributed by atoms with van der Waals surface area (Å²) < 4.78 is 6.14. The smallest absolute Gasteiger partial charge is 0.145 e. The van der Waals surface area contributed by atoms with E-state index in [4.69, 9.17) is 15.9 Å². The molecular formula is C9H11BrN2O. The number of aryl methyl sites for hydroxylation is 1. The second-order valence-corrected chi connectivity index (χ2v) is 3.60. The quantitative estimate of drug-likeness (QED) is 0.630. The number of ether oxygens (including phenoxy) is 1. The molecule has 0 heterocycles. The lowest BCUT2D eigenvalue weighted by atomic mass is 10.2. The molecule has 1 rings (SSSR count). The molecule has 0 spiro atoms. The molecule has 0 aliphatic heterocycles. The van der Waals surface area contributed by atoms with E-state index in [0.717, 1.165) is 10.0 Å². The third-order valence-corrected chi connectivity index (χ3v) is 2.09. The fraction of sp³-hybridized carbons (Fsp3) is 0.222. The zero-order valence-corrected chi connectivity index (χ0v) is 8.89. The molecule has 3 nitrogen and oxygen atoms in total. The van der Waals surface area contributed by atoms with Gasteiger partial charge in [-0.2, -0.15) is 0 Å². The van der Waals surface area contributed by atoms with Crippen LogP contribution in [-0.4, -0.2) is 12.4 Å². The Morgan fingerprint density at radius 3 is 2.85 bits per heavy atom. The summed E-state index contributed by atoms with van der Waals surface area (Å²) in [6, 6.07) is 5.75. The second kappa shape index (κ2) is 4.28. The number of benzene rings is 1. The van der Waals surface area contributed by atoms with Crippen molar-refractivity contribution in [1.82, 2.24) is 0 Å². The minimum Gasteiger partial charge on any atom is -0.485 e. The van der Waals surface area contributed by atoms with Crippen LogP contribution in [0.15, 0.2) is 22.7 Å². The zero-order chi connectivity index (χ0) is 9.84. The Hall–Kier alpha value is -1.03. The Kier molecular flexibility index (Phi) is 3.31. The number of nitrogens with one attached hydrogen (secondary N) is 1. The van der Waals surface area contributed by atoms with E-state index in [9.17, 15) is 0 Å². The molecule has 0 radical (unpaired) electrons. The third kappa shape index (κ3) is 3.06. The molecule has 0 saturated heterocycles. The van der Waals surface area contributed by atoms with Crippen molar-refractivity contribution >= 4 is 21.8 Å². The van der Waals surface area contributed by atoms with Crippen molar-refractivity contribution < 1.29 is 4.74 Å². The molecule has 3 N–H and O–H groups in total. The summed E-state index contributed by atoms with van der Waals surface area (Å²) in [6.45, 7) is 2.13. The number of nitrogens with two attached hydrogens (primary N) is 1. The molecule has 1 aromatic rings. The van der Waals surface area contributed by atoms with Gasteiger partial charge in [-0.25, -0.2) is 0 Å². The fourth-order valence-corrected chi connectivity index (χ4v) is 1.49. The average Bonchev–Trinajstić information content (AvgIpc) is 2.02. The van der Waals surface area contributed by atoms with Crippen molar-refractivity contribution in [3.8, 4) is 5.75 Å². The van der Waals surface area contributed by atoms with Crippen LogP contribution in [0, 0.1) is 12.3 Å². The van der Waals surface area contributed by atoms with Gasteiger partial charge in [0.25, 0.3) is 0 Å². The molecule has 0 aromatic heterocycles. The zero-order valence-electron chi connectivity index (χ0n) is 7.30. The van der Waals surface area contributed by atoms with E-state index >= 15 is 0 Å². The molecule has 0 aliphatic rings. The molecule has 0 atom stereocenters. The fourth-order valence-electron chi connectivity index (χ4n) is 0.878. The third-order valence-electron chi connectivity index (χ3n) is 1.47. The highest BCUT2D eigenvalue weighted by Gasteiger charge is 2.00. The normalized spacial score (nSPS) is 9.69. The summed E-state index contributed by atoms with van der Waals surface area (Å²) in [5.41, 5.74) is 6.32. The van der Waals surface area contributed by atoms with Crippen LogP contribution < -0.4 is 10.5 Å². The summed E-state index contributed by atoms with van der Waals surface area (Å²) in [6.07, 6.45) is 0. The van der Waals surface area contributed by atoms with Crippen molar-refractivity contribution in [3.05, 3.63) is 28.2 Å². The van der Waals surface area contributed by atoms with Crippen LogP contribution in [0.5, 0.6) is 5.75 Å². The standard InChI is InChI=1S/C9H11BrN2O/c1-6-2-3-8(7(10)4-6)13-5-9(11)12/h2-4H,5H2,1H3,(H3,11,12). The Morgan fingerprint density at radius 2 is 2.31 bits per heavy atom. The van der Waals surface area contributed by atoms with Crippen LogP contribution in [0.3, 0.4) is 0 Å². The first-order valence-corrected chi connectivity index (χ1v) is 4.61. The first kappa shape index (κ1) is 10.1. The van der Waals surface area contributed by atoms with Crippen molar-refractivity contribution in [2.24, 2.45) is 5.73 Å². The van der Waals surface area contributed by atoms with Crippen LogP contribution in [0.4, 0.5) is 0 Å². The van der Waals surface area contributed by atoms with Crippen LogP contribution in [0.25, 0.3) is 0 Å². The van der Waals surface area contributed by atoms with Crippen molar-refractivity contribution in [3.63, 3.8) is 0 Å². The molecule has 4 heteroatoms. The van der Waals surface area contributed by atoms with E-state index in [2.05, 4.69) is 15.9 Å². The number of hydrogen-bond donors (Lipinski definition) is 2. The maximum absolute atomic E-state index is 6.99. The molecule has 0 saturated carbocycles. The van der Waals surface area contributed by atoms with E-state index < -0.39 is 0 Å². The number of amidine groups is 1. The van der Waals surface area contributed by atoms with E-state index in [0.29, 0.717) is 5.75 Å². The lowest BCUT2D eigenvalue weighted by Gasteiger charge is -2.07. The molecule has 1 aromatic carbocycles. The molecule has 13 heavy (non-hydrogen) atoms. The molecule has 0 unspecified atom stereocenters. The van der Waals surface area contributed by atoms with E-state index in [1.165, 1.54) is 0 Å². The average molecular weight is 243 g/mol. The van der Waals surface area contributed by atoms with Gasteiger partial charge in [-0.1, -0.05) is 6.07 Å². The van der Waals surface area contributed by atoms with Gasteiger partial charge in [0, 0.05) is 0 Å². The largest absolute Gasteiger partial charge is 0.485 e. The van der Waals surface area contributed by atoms with Gasteiger partial charge < -0.3 is 10.5 Å². The van der Waals surface area contributed by atoms with Gasteiger partial charge in [-0.05, 0) is 40.5 Å². The highest BCUT2D eigenvalue weighted by molar-refractivity contribution is 9.10. The molecular weight excluding hydrogens is 232 g/mol. The highest BCUT2D eigenvalue weighted by atomic mass is 79.9. The lowest BCUT2D eigenvalue weighted by molar-refractivity contribution is 0.372. The van der Waals surface area contributed by atoms with Gasteiger partial charge in [-0.3, -0.25) is 5.41 Å². The number of rotatable bonds is 3. The minimum absolute atomic E-state index is 0.0208. The summed E-state index contributed by atoms with van der Waals surface area (Å²) in [5, 5.41) is 6.99. The topological polar surface area (TPSA) is 59.1 Å². The van der Waals surface area contributed by atoms with Crippen molar-refractivity contribution in [1.29, 1.82) is 5.41 Å². The second-order valence-electron chi connectivity index (χ2n) is 2.75. The van der Waals surface area contributed by atoms with Crippen LogP contribution in [0.1, 0.15) is 5.56 Å². The number of halogens is 1. The Morgan fingerprint density at radius 1 is 1.62 bits per heavy atom. The first-order chi connectivity index (χ1) is 6.09. The summed E-state index contributed by atoms with van der Waals surface area (Å²) >= 11 is 3.36. The van der Waals surface area contributed by atoms with Gasteiger partial charge in [-0.15, -0.1) is 0 Å². The van der Waals surface area contributed by atoms with E-state index in [-0.39, 0.29) is 12.4 Å². The molecule has 0 bridgehead atoms. The maximum atomic E-state index is 6.99. The maximum Gasteiger partial charge on any atom is 0.145 e. The summed E-state index contributed by atoms with van der Waals surface area (Å²) in [5.74, 6) is 0.730. The minimum atomic E-state index is 0.0208. The monoisotopic (exact) mass is 242 g/mol. The SMILES string of the molecule is Cc1ccc(OCC(=N)N)c(Br)c1. The Bertz CT molecular complexity index is 325. The van der Waals surface area contributed by atoms with Crippen molar-refractivity contribution in [2.75, 3.05) is 6.61 Å². The predicted molar refractivity (Wildman–Crippen MR) is 56.3 cm³/mol.